The van der Waals surface area contributed by atoms with E-state index in [9.17, 15) is 18.0 Å². The highest BCUT2D eigenvalue weighted by molar-refractivity contribution is 7.92. The minimum absolute atomic E-state index is 0.0465. The Labute approximate surface area is 226 Å². The molecule has 0 aliphatic carbocycles. The van der Waals surface area contributed by atoms with Gasteiger partial charge in [0.25, 0.3) is 15.9 Å². The van der Waals surface area contributed by atoms with E-state index in [1.165, 1.54) is 25.5 Å². The molecule has 0 aliphatic rings. The van der Waals surface area contributed by atoms with E-state index in [0.29, 0.717) is 28.3 Å². The average molecular weight is 544 g/mol. The van der Waals surface area contributed by atoms with Gasteiger partial charge in [-0.25, -0.2) is 18.6 Å². The normalized spacial score (nSPS) is 11.1. The molecule has 4 rings (SSSR count). The Morgan fingerprint density at radius 1 is 0.821 bits per heavy atom. The molecule has 1 amide bonds. The number of nitrogens with one attached hydrogen (secondary N) is 1. The van der Waals surface area contributed by atoms with Gasteiger partial charge in [0.1, 0.15) is 18.0 Å². The number of hydrogen-bond donors (Lipinski definition) is 1. The number of amides is 1. The quantitative estimate of drug-likeness (QED) is 0.138. The van der Waals surface area contributed by atoms with Crippen LogP contribution in [0.3, 0.4) is 0 Å². The number of methoxy groups -OCH3 is 1. The Balaban J connectivity index is 1.42. The summed E-state index contributed by atoms with van der Waals surface area (Å²) >= 11 is 0. The number of benzene rings is 4. The van der Waals surface area contributed by atoms with E-state index in [2.05, 4.69) is 10.5 Å². The molecule has 0 saturated heterocycles. The maximum absolute atomic E-state index is 13.4. The van der Waals surface area contributed by atoms with Gasteiger partial charge in [-0.1, -0.05) is 36.4 Å². The fraction of sp³-hybridized carbons (Fsp3) is 0.0690. The first kappa shape index (κ1) is 27.1. The van der Waals surface area contributed by atoms with Crippen molar-refractivity contribution in [2.75, 3.05) is 18.0 Å². The Morgan fingerprint density at radius 3 is 2.03 bits per heavy atom. The lowest BCUT2D eigenvalue weighted by Crippen LogP contribution is -2.39. The third kappa shape index (κ3) is 7.08. The molecule has 4 aromatic rings. The predicted octanol–water partition coefficient (Wildman–Crippen LogP) is 4.26. The van der Waals surface area contributed by atoms with Crippen LogP contribution in [0.15, 0.2) is 119 Å². The summed E-state index contributed by atoms with van der Waals surface area (Å²) in [6.45, 7) is -0.505. The Kier molecular flexibility index (Phi) is 8.70. The van der Waals surface area contributed by atoms with E-state index in [0.717, 1.165) is 4.31 Å². The van der Waals surface area contributed by atoms with E-state index in [1.807, 2.05) is 6.07 Å². The molecule has 0 unspecified atom stereocenters. The van der Waals surface area contributed by atoms with Gasteiger partial charge in [0, 0.05) is 0 Å². The van der Waals surface area contributed by atoms with E-state index in [-0.39, 0.29) is 4.90 Å². The van der Waals surface area contributed by atoms with Crippen LogP contribution in [0.2, 0.25) is 0 Å². The lowest BCUT2D eigenvalue weighted by atomic mass is 10.2. The number of sulfonamides is 1. The van der Waals surface area contributed by atoms with Gasteiger partial charge in [0.2, 0.25) is 0 Å². The Hall–Kier alpha value is -4.96. The summed E-state index contributed by atoms with van der Waals surface area (Å²) in [6, 6.07) is 29.3. The second-order valence-electron chi connectivity index (χ2n) is 8.14. The van der Waals surface area contributed by atoms with Crippen LogP contribution in [0.25, 0.3) is 0 Å². The third-order valence-electron chi connectivity index (χ3n) is 5.48. The molecule has 0 fully saturated rings. The summed E-state index contributed by atoms with van der Waals surface area (Å²) in [4.78, 5) is 24.9. The number of carbonyl (C=O) groups excluding carboxylic acids is 2. The minimum atomic E-state index is -4.04. The van der Waals surface area contributed by atoms with Gasteiger partial charge in [-0.2, -0.15) is 5.10 Å². The number of hydrogen-bond acceptors (Lipinski definition) is 7. The zero-order chi connectivity index (χ0) is 27.7. The molecule has 0 spiro atoms. The van der Waals surface area contributed by atoms with Crippen molar-refractivity contribution >= 4 is 33.8 Å². The molecule has 0 bridgehead atoms. The second kappa shape index (κ2) is 12.5. The van der Waals surface area contributed by atoms with Crippen molar-refractivity contribution in [3.63, 3.8) is 0 Å². The SMILES string of the molecule is COc1ccc(N(CC(=O)N/N=C\c2ccc(OC(=O)c3ccccc3)cc2)S(=O)(=O)c2ccccc2)cc1. The summed E-state index contributed by atoms with van der Waals surface area (Å²) in [7, 11) is -2.54. The largest absolute Gasteiger partial charge is 0.497 e. The predicted molar refractivity (Wildman–Crippen MR) is 148 cm³/mol. The van der Waals surface area contributed by atoms with Gasteiger partial charge in [-0.3, -0.25) is 9.10 Å². The number of ether oxygens (including phenoxy) is 2. The summed E-state index contributed by atoms with van der Waals surface area (Å²) < 4.78 is 38.2. The first-order chi connectivity index (χ1) is 18.9. The fourth-order valence-electron chi connectivity index (χ4n) is 3.49. The number of hydrazone groups is 1. The topological polar surface area (TPSA) is 114 Å². The van der Waals surface area contributed by atoms with Crippen LogP contribution in [0.1, 0.15) is 15.9 Å². The molecule has 1 N–H and O–H groups in total. The van der Waals surface area contributed by atoms with Gasteiger partial charge >= 0.3 is 5.97 Å². The number of anilines is 1. The molecular formula is C29H25N3O6S. The van der Waals surface area contributed by atoms with E-state index in [4.69, 9.17) is 9.47 Å². The lowest BCUT2D eigenvalue weighted by molar-refractivity contribution is -0.119. The lowest BCUT2D eigenvalue weighted by Gasteiger charge is -2.23. The zero-order valence-corrected chi connectivity index (χ0v) is 21.7. The van der Waals surface area contributed by atoms with E-state index < -0.39 is 28.4 Å². The Bertz CT molecular complexity index is 1540. The van der Waals surface area contributed by atoms with Crippen LogP contribution in [-0.2, 0) is 14.8 Å². The van der Waals surface area contributed by atoms with Crippen LogP contribution in [0.5, 0.6) is 11.5 Å². The summed E-state index contributed by atoms with van der Waals surface area (Å²) in [6.07, 6.45) is 1.39. The molecule has 4 aromatic carbocycles. The second-order valence-corrected chi connectivity index (χ2v) is 10.0. The van der Waals surface area contributed by atoms with Crippen molar-refractivity contribution in [3.8, 4) is 11.5 Å². The standard InChI is InChI=1S/C29H25N3O6S/c1-37-25-18-14-24(15-19-25)32(39(35,36)27-10-6-3-7-11-27)21-28(33)31-30-20-22-12-16-26(17-13-22)38-29(34)23-8-4-2-5-9-23/h2-20H,21H2,1H3,(H,31,33)/b30-20-. The highest BCUT2D eigenvalue weighted by Crippen LogP contribution is 2.25. The van der Waals surface area contributed by atoms with Gasteiger partial charge in [-0.15, -0.1) is 0 Å². The van der Waals surface area contributed by atoms with Crippen molar-refractivity contribution in [3.05, 3.63) is 120 Å². The molecule has 198 valence electrons. The molecule has 0 heterocycles. The first-order valence-electron chi connectivity index (χ1n) is 11.8. The van der Waals surface area contributed by atoms with Gasteiger partial charge in [0.15, 0.2) is 0 Å². The van der Waals surface area contributed by atoms with Crippen LogP contribution >= 0.6 is 0 Å². The molecule has 0 aliphatic heterocycles. The van der Waals surface area contributed by atoms with Gasteiger partial charge in [-0.05, 0) is 78.4 Å². The summed E-state index contributed by atoms with van der Waals surface area (Å²) in [5.74, 6) is -0.219. The minimum Gasteiger partial charge on any atom is -0.497 e. The van der Waals surface area contributed by atoms with Gasteiger partial charge in [0.05, 0.1) is 29.5 Å². The van der Waals surface area contributed by atoms with Crippen molar-refractivity contribution in [1.29, 1.82) is 0 Å². The number of nitrogens with zero attached hydrogens (tertiary/aromatic N) is 2. The van der Waals surface area contributed by atoms with Crippen LogP contribution in [-0.4, -0.2) is 40.2 Å². The smallest absolute Gasteiger partial charge is 0.343 e. The average Bonchev–Trinajstić information content (AvgIpc) is 2.97. The van der Waals surface area contributed by atoms with Crippen LogP contribution in [0.4, 0.5) is 5.69 Å². The maximum Gasteiger partial charge on any atom is 0.343 e. The molecule has 0 radical (unpaired) electrons. The number of rotatable bonds is 10. The molecule has 39 heavy (non-hydrogen) atoms. The van der Waals surface area contributed by atoms with Crippen molar-refractivity contribution in [2.24, 2.45) is 5.10 Å². The first-order valence-corrected chi connectivity index (χ1v) is 13.2. The van der Waals surface area contributed by atoms with Crippen LogP contribution < -0.4 is 19.2 Å². The van der Waals surface area contributed by atoms with E-state index in [1.54, 1.807) is 91.0 Å². The molecule has 9 nitrogen and oxygen atoms in total. The number of esters is 1. The monoisotopic (exact) mass is 543 g/mol. The molecule has 0 saturated carbocycles. The fourth-order valence-corrected chi connectivity index (χ4v) is 4.93. The van der Waals surface area contributed by atoms with Crippen molar-refractivity contribution < 1.29 is 27.5 Å². The number of carbonyl (C=O) groups is 2. The zero-order valence-electron chi connectivity index (χ0n) is 20.9. The summed E-state index contributed by atoms with van der Waals surface area (Å²) in [5.41, 5.74) is 3.71. The summed E-state index contributed by atoms with van der Waals surface area (Å²) in [5, 5.41) is 3.93. The highest BCUT2D eigenvalue weighted by Gasteiger charge is 2.27. The highest BCUT2D eigenvalue weighted by atomic mass is 32.2. The third-order valence-corrected chi connectivity index (χ3v) is 7.27. The van der Waals surface area contributed by atoms with Crippen molar-refractivity contribution in [2.45, 2.75) is 4.90 Å². The van der Waals surface area contributed by atoms with Crippen molar-refractivity contribution in [1.82, 2.24) is 5.43 Å². The molecular weight excluding hydrogens is 518 g/mol. The van der Waals surface area contributed by atoms with Gasteiger partial charge < -0.3 is 9.47 Å². The maximum atomic E-state index is 13.4. The van der Waals surface area contributed by atoms with E-state index >= 15 is 0 Å². The molecule has 0 aromatic heterocycles. The molecule has 0 atom stereocenters. The van der Waals surface area contributed by atoms with Crippen LogP contribution in [0, 0.1) is 0 Å². The Morgan fingerprint density at radius 2 is 1.41 bits per heavy atom. The molecule has 10 heteroatoms.